The minimum Gasteiger partial charge on any atom is -0.300 e. The van der Waals surface area contributed by atoms with Gasteiger partial charge in [-0.2, -0.15) is 0 Å². The second kappa shape index (κ2) is 7.23. The molecule has 2 rings (SSSR count). The molecule has 2 aliphatic heterocycles. The number of allylic oxidation sites excluding steroid dienone is 1. The van der Waals surface area contributed by atoms with Gasteiger partial charge in [-0.1, -0.05) is 18.9 Å². The van der Waals surface area contributed by atoms with Crippen LogP contribution in [0.4, 0.5) is 0 Å². The molecule has 2 aliphatic rings. The summed E-state index contributed by atoms with van der Waals surface area (Å²) in [6, 6.07) is 1.39. The molecule has 108 valence electrons. The first-order valence-electron chi connectivity index (χ1n) is 8.08. The van der Waals surface area contributed by atoms with E-state index in [9.17, 15) is 4.79 Å². The van der Waals surface area contributed by atoms with Crippen LogP contribution in [0.15, 0.2) is 12.7 Å². The Kier molecular flexibility index (Phi) is 5.62. The standard InChI is InChI=1S/C17H29NO/c1-3-4-5-6-7-8-9-17(19)14-12-15-10-11-16(13-14)18(15)2/h3,14-16H,1,4-13H2,2H3. The summed E-state index contributed by atoms with van der Waals surface area (Å²) in [5.41, 5.74) is 0. The molecular weight excluding hydrogens is 234 g/mol. The van der Waals surface area contributed by atoms with Crippen molar-refractivity contribution in [3.8, 4) is 0 Å². The van der Waals surface area contributed by atoms with Crippen molar-refractivity contribution in [1.29, 1.82) is 0 Å². The second-order valence-electron chi connectivity index (χ2n) is 6.43. The number of Topliss-reactive ketones (excluding diaryl/α,β-unsaturated/α-hetero) is 1. The normalized spacial score (nSPS) is 30.5. The Morgan fingerprint density at radius 2 is 1.79 bits per heavy atom. The summed E-state index contributed by atoms with van der Waals surface area (Å²) >= 11 is 0. The first kappa shape index (κ1) is 14.8. The fourth-order valence-corrected chi connectivity index (χ4v) is 3.82. The summed E-state index contributed by atoms with van der Waals surface area (Å²) in [6.07, 6.45) is 13.6. The van der Waals surface area contributed by atoms with Gasteiger partial charge in [0.15, 0.2) is 0 Å². The number of unbranched alkanes of at least 4 members (excludes halogenated alkanes) is 4. The van der Waals surface area contributed by atoms with Gasteiger partial charge in [0.2, 0.25) is 0 Å². The van der Waals surface area contributed by atoms with E-state index in [0.29, 0.717) is 23.8 Å². The quantitative estimate of drug-likeness (QED) is 0.488. The Labute approximate surface area is 118 Å². The molecule has 2 heterocycles. The first-order chi connectivity index (χ1) is 9.22. The zero-order valence-electron chi connectivity index (χ0n) is 12.4. The van der Waals surface area contributed by atoms with Crippen LogP contribution in [0.1, 0.15) is 64.2 Å². The maximum absolute atomic E-state index is 12.3. The molecule has 19 heavy (non-hydrogen) atoms. The number of piperidine rings is 1. The molecule has 2 atom stereocenters. The van der Waals surface area contributed by atoms with Crippen molar-refractivity contribution in [3.05, 3.63) is 12.7 Å². The van der Waals surface area contributed by atoms with Crippen molar-refractivity contribution in [2.45, 2.75) is 76.3 Å². The third kappa shape index (κ3) is 3.92. The fourth-order valence-electron chi connectivity index (χ4n) is 3.82. The average Bonchev–Trinajstić information content (AvgIpc) is 2.65. The predicted octanol–water partition coefficient (Wildman–Crippen LogP) is 3.95. The molecule has 2 bridgehead atoms. The van der Waals surface area contributed by atoms with Crippen LogP contribution in [0, 0.1) is 5.92 Å². The van der Waals surface area contributed by atoms with Crippen molar-refractivity contribution >= 4 is 5.78 Å². The lowest BCUT2D eigenvalue weighted by molar-refractivity contribution is -0.125. The van der Waals surface area contributed by atoms with E-state index in [2.05, 4.69) is 18.5 Å². The van der Waals surface area contributed by atoms with Crippen LogP contribution in [0.5, 0.6) is 0 Å². The minimum absolute atomic E-state index is 0.377. The van der Waals surface area contributed by atoms with Gasteiger partial charge >= 0.3 is 0 Å². The van der Waals surface area contributed by atoms with Crippen molar-refractivity contribution in [3.63, 3.8) is 0 Å². The molecule has 0 aromatic heterocycles. The SMILES string of the molecule is C=CCCCCCCC(=O)C1CC2CCC(C1)N2C. The molecule has 2 heteroatoms. The van der Waals surface area contributed by atoms with Gasteiger partial charge in [0, 0.05) is 24.4 Å². The van der Waals surface area contributed by atoms with Gasteiger partial charge in [0.25, 0.3) is 0 Å². The van der Waals surface area contributed by atoms with Crippen LogP contribution >= 0.6 is 0 Å². The highest BCUT2D eigenvalue weighted by Crippen LogP contribution is 2.38. The van der Waals surface area contributed by atoms with E-state index in [0.717, 1.165) is 32.1 Å². The molecule has 2 saturated heterocycles. The zero-order valence-corrected chi connectivity index (χ0v) is 12.4. The predicted molar refractivity (Wildman–Crippen MR) is 80.2 cm³/mol. The lowest BCUT2D eigenvalue weighted by atomic mass is 9.86. The minimum atomic E-state index is 0.377. The van der Waals surface area contributed by atoms with Crippen LogP contribution in [-0.2, 0) is 4.79 Å². The Bertz CT molecular complexity index is 298. The Balaban J connectivity index is 1.63. The molecule has 2 nitrogen and oxygen atoms in total. The van der Waals surface area contributed by atoms with Gasteiger partial charge in [-0.15, -0.1) is 6.58 Å². The number of ketones is 1. The highest BCUT2D eigenvalue weighted by atomic mass is 16.1. The Hall–Kier alpha value is -0.630. The molecule has 0 aromatic rings. The maximum atomic E-state index is 12.3. The lowest BCUT2D eigenvalue weighted by Gasteiger charge is -2.35. The number of carbonyl (C=O) groups excluding carboxylic acids is 1. The van der Waals surface area contributed by atoms with Gasteiger partial charge in [-0.05, 0) is 52.0 Å². The van der Waals surface area contributed by atoms with E-state index in [1.54, 1.807) is 0 Å². The lowest BCUT2D eigenvalue weighted by Crippen LogP contribution is -2.42. The topological polar surface area (TPSA) is 20.3 Å². The van der Waals surface area contributed by atoms with Gasteiger partial charge in [-0.25, -0.2) is 0 Å². The largest absolute Gasteiger partial charge is 0.300 e. The summed E-state index contributed by atoms with van der Waals surface area (Å²) in [5.74, 6) is 0.926. The molecule has 2 unspecified atom stereocenters. The van der Waals surface area contributed by atoms with Gasteiger partial charge in [0.05, 0.1) is 0 Å². The molecule has 0 saturated carbocycles. The smallest absolute Gasteiger partial charge is 0.136 e. The number of hydrogen-bond donors (Lipinski definition) is 0. The summed E-state index contributed by atoms with van der Waals surface area (Å²) in [7, 11) is 2.24. The number of rotatable bonds is 8. The number of hydrogen-bond acceptors (Lipinski definition) is 2. The summed E-state index contributed by atoms with van der Waals surface area (Å²) in [6.45, 7) is 3.74. The van der Waals surface area contributed by atoms with E-state index in [-0.39, 0.29) is 0 Å². The third-order valence-electron chi connectivity index (χ3n) is 5.14. The Morgan fingerprint density at radius 1 is 1.16 bits per heavy atom. The fraction of sp³-hybridized carbons (Fsp3) is 0.824. The molecule has 0 aliphatic carbocycles. The van der Waals surface area contributed by atoms with E-state index < -0.39 is 0 Å². The monoisotopic (exact) mass is 263 g/mol. The average molecular weight is 263 g/mol. The molecule has 0 spiro atoms. The highest BCUT2D eigenvalue weighted by Gasteiger charge is 2.40. The van der Waals surface area contributed by atoms with E-state index in [1.165, 1.54) is 32.1 Å². The maximum Gasteiger partial charge on any atom is 0.136 e. The summed E-state index contributed by atoms with van der Waals surface area (Å²) < 4.78 is 0. The van der Waals surface area contributed by atoms with Gasteiger partial charge < -0.3 is 4.90 Å². The highest BCUT2D eigenvalue weighted by molar-refractivity contribution is 5.81. The molecular formula is C17H29NO. The van der Waals surface area contributed by atoms with E-state index in [4.69, 9.17) is 0 Å². The third-order valence-corrected chi connectivity index (χ3v) is 5.14. The number of carbonyl (C=O) groups is 1. The molecule has 0 amide bonds. The second-order valence-corrected chi connectivity index (χ2v) is 6.43. The van der Waals surface area contributed by atoms with Crippen LogP contribution in [-0.4, -0.2) is 29.8 Å². The number of fused-ring (bicyclic) bond motifs is 2. The van der Waals surface area contributed by atoms with Crippen LogP contribution in [0.2, 0.25) is 0 Å². The molecule has 0 N–H and O–H groups in total. The molecule has 2 fully saturated rings. The van der Waals surface area contributed by atoms with Gasteiger partial charge in [-0.3, -0.25) is 4.79 Å². The zero-order chi connectivity index (χ0) is 13.7. The van der Waals surface area contributed by atoms with Crippen LogP contribution < -0.4 is 0 Å². The van der Waals surface area contributed by atoms with Crippen molar-refractivity contribution < 1.29 is 4.79 Å². The van der Waals surface area contributed by atoms with E-state index >= 15 is 0 Å². The van der Waals surface area contributed by atoms with Crippen molar-refractivity contribution in [2.75, 3.05) is 7.05 Å². The van der Waals surface area contributed by atoms with E-state index in [1.807, 2.05) is 6.08 Å². The molecule has 0 radical (unpaired) electrons. The summed E-state index contributed by atoms with van der Waals surface area (Å²) in [5, 5.41) is 0. The van der Waals surface area contributed by atoms with Crippen molar-refractivity contribution in [1.82, 2.24) is 4.90 Å². The Morgan fingerprint density at radius 3 is 2.42 bits per heavy atom. The van der Waals surface area contributed by atoms with Crippen LogP contribution in [0.3, 0.4) is 0 Å². The summed E-state index contributed by atoms with van der Waals surface area (Å²) in [4.78, 5) is 14.8. The van der Waals surface area contributed by atoms with Gasteiger partial charge in [0.1, 0.15) is 5.78 Å². The molecule has 0 aromatic carbocycles. The van der Waals surface area contributed by atoms with Crippen molar-refractivity contribution in [2.24, 2.45) is 5.92 Å². The van der Waals surface area contributed by atoms with Crippen LogP contribution in [0.25, 0.3) is 0 Å². The number of nitrogens with zero attached hydrogens (tertiary/aromatic N) is 1. The first-order valence-corrected chi connectivity index (χ1v) is 8.08.